The summed E-state index contributed by atoms with van der Waals surface area (Å²) in [6.07, 6.45) is 11.5. The minimum Gasteiger partial charge on any atom is -0.391 e. The monoisotopic (exact) mass is 468 g/mol. The number of rotatable bonds is 7. The van der Waals surface area contributed by atoms with Gasteiger partial charge in [0, 0.05) is 25.1 Å². The Morgan fingerprint density at radius 2 is 1.82 bits per heavy atom. The molecule has 4 saturated carbocycles. The van der Waals surface area contributed by atoms with Crippen molar-refractivity contribution in [2.24, 2.45) is 34.5 Å². The van der Waals surface area contributed by atoms with E-state index in [2.05, 4.69) is 43.0 Å². The molecule has 6 rings (SSSR count). The first kappa shape index (κ1) is 24.0. The summed E-state index contributed by atoms with van der Waals surface area (Å²) < 4.78 is 0. The van der Waals surface area contributed by atoms with Crippen LogP contribution in [0.4, 0.5) is 5.82 Å². The molecular weight excluding hydrogens is 424 g/mol. The van der Waals surface area contributed by atoms with E-state index >= 15 is 0 Å². The van der Waals surface area contributed by atoms with Crippen LogP contribution in [0.3, 0.4) is 0 Å². The van der Waals surface area contributed by atoms with Crippen molar-refractivity contribution < 1.29 is 9.90 Å². The van der Waals surface area contributed by atoms with Crippen LogP contribution in [0.2, 0.25) is 0 Å². The number of aliphatic hydroxyl groups is 1. The van der Waals surface area contributed by atoms with Gasteiger partial charge in [0.2, 0.25) is 5.91 Å². The molecule has 5 aliphatic rings. The second kappa shape index (κ2) is 9.07. The predicted octanol–water partition coefficient (Wildman–Crippen LogP) is 4.81. The molecule has 2 atom stereocenters. The summed E-state index contributed by atoms with van der Waals surface area (Å²) in [4.78, 5) is 24.0. The molecule has 1 amide bonds. The number of hydrogen-bond donors (Lipinski definition) is 2. The quantitative estimate of drug-likeness (QED) is 0.600. The SMILES string of the molecule is CC(CC(=O)N1CCc2c(ncnc2NCC(O)C23CC4CC(CC(C4)C2)C3)C1)CC(C)(C)C. The van der Waals surface area contributed by atoms with Gasteiger partial charge in [-0.05, 0) is 85.9 Å². The fourth-order valence-electron chi connectivity index (χ4n) is 8.26. The van der Waals surface area contributed by atoms with Crippen LogP contribution >= 0.6 is 0 Å². The maximum atomic E-state index is 12.9. The highest BCUT2D eigenvalue weighted by atomic mass is 16.3. The van der Waals surface area contributed by atoms with Crippen LogP contribution in [0.25, 0.3) is 0 Å². The second-order valence-corrected chi connectivity index (χ2v) is 13.5. The maximum Gasteiger partial charge on any atom is 0.223 e. The van der Waals surface area contributed by atoms with Crippen molar-refractivity contribution in [3.63, 3.8) is 0 Å². The topological polar surface area (TPSA) is 78.4 Å². The summed E-state index contributed by atoms with van der Waals surface area (Å²) in [5.41, 5.74) is 2.42. The Hall–Kier alpha value is -1.69. The van der Waals surface area contributed by atoms with E-state index in [0.29, 0.717) is 32.0 Å². The van der Waals surface area contributed by atoms with Crippen molar-refractivity contribution in [1.82, 2.24) is 14.9 Å². The number of carbonyl (C=O) groups is 1. The Labute approximate surface area is 205 Å². The summed E-state index contributed by atoms with van der Waals surface area (Å²) in [6, 6.07) is 0. The summed E-state index contributed by atoms with van der Waals surface area (Å²) in [7, 11) is 0. The lowest BCUT2D eigenvalue weighted by Crippen LogP contribution is -2.53. The lowest BCUT2D eigenvalue weighted by Gasteiger charge is -2.58. The molecule has 0 saturated heterocycles. The Balaban J connectivity index is 1.19. The third-order valence-electron chi connectivity index (χ3n) is 9.10. The number of fused-ring (bicyclic) bond motifs is 1. The highest BCUT2D eigenvalue weighted by Gasteiger charge is 2.53. The average Bonchev–Trinajstić information content (AvgIpc) is 2.74. The van der Waals surface area contributed by atoms with Crippen LogP contribution in [0, 0.1) is 34.5 Å². The molecule has 1 aliphatic heterocycles. The minimum atomic E-state index is -0.322. The van der Waals surface area contributed by atoms with Gasteiger partial charge in [-0.2, -0.15) is 0 Å². The first-order chi connectivity index (χ1) is 16.1. The lowest BCUT2D eigenvalue weighted by molar-refractivity contribution is -0.133. The number of hydrogen-bond acceptors (Lipinski definition) is 5. The van der Waals surface area contributed by atoms with Crippen molar-refractivity contribution in [1.29, 1.82) is 0 Å². The minimum absolute atomic E-state index is 0.113. The van der Waals surface area contributed by atoms with Crippen LogP contribution in [-0.2, 0) is 17.8 Å². The number of nitrogens with zero attached hydrogens (tertiary/aromatic N) is 3. The number of nitrogens with one attached hydrogen (secondary N) is 1. The van der Waals surface area contributed by atoms with Crippen LogP contribution in [0.15, 0.2) is 6.33 Å². The van der Waals surface area contributed by atoms with E-state index in [1.165, 1.54) is 38.5 Å². The zero-order valence-corrected chi connectivity index (χ0v) is 21.6. The number of carbonyl (C=O) groups excluding carboxylic acids is 1. The molecule has 2 unspecified atom stereocenters. The molecule has 188 valence electrons. The molecule has 1 aromatic rings. The van der Waals surface area contributed by atoms with Gasteiger partial charge in [-0.15, -0.1) is 0 Å². The molecule has 1 aromatic heterocycles. The molecule has 34 heavy (non-hydrogen) atoms. The third-order valence-corrected chi connectivity index (χ3v) is 9.10. The fraction of sp³-hybridized carbons (Fsp3) is 0.821. The molecule has 2 heterocycles. The van der Waals surface area contributed by atoms with E-state index in [-0.39, 0.29) is 22.8 Å². The molecular formula is C28H44N4O2. The fourth-order valence-corrected chi connectivity index (χ4v) is 8.26. The standard InChI is InChI=1S/C28H44N4O2/c1-18(11-27(2,3)4)7-25(34)32-6-5-22-23(16-32)30-17-31-26(22)29-15-24(33)28-12-19-8-20(13-28)10-21(9-19)14-28/h17-21,24,33H,5-16H2,1-4H3,(H,29,30,31). The van der Waals surface area contributed by atoms with E-state index in [9.17, 15) is 9.90 Å². The Bertz CT molecular complexity index is 873. The molecule has 0 aromatic carbocycles. The normalized spacial score (nSPS) is 31.8. The van der Waals surface area contributed by atoms with Gasteiger partial charge in [0.15, 0.2) is 0 Å². The molecule has 6 heteroatoms. The van der Waals surface area contributed by atoms with Gasteiger partial charge in [0.05, 0.1) is 18.3 Å². The molecule has 4 bridgehead atoms. The van der Waals surface area contributed by atoms with Gasteiger partial charge >= 0.3 is 0 Å². The smallest absolute Gasteiger partial charge is 0.223 e. The zero-order valence-electron chi connectivity index (χ0n) is 21.6. The van der Waals surface area contributed by atoms with Gasteiger partial charge in [-0.3, -0.25) is 4.79 Å². The first-order valence-electron chi connectivity index (χ1n) is 13.6. The summed E-state index contributed by atoms with van der Waals surface area (Å²) >= 11 is 0. The maximum absolute atomic E-state index is 12.9. The van der Waals surface area contributed by atoms with Crippen LogP contribution in [0.1, 0.15) is 90.3 Å². The number of amides is 1. The molecule has 4 fully saturated rings. The summed E-state index contributed by atoms with van der Waals surface area (Å²) in [6.45, 7) is 10.7. The van der Waals surface area contributed by atoms with Gasteiger partial charge in [-0.25, -0.2) is 9.97 Å². The summed E-state index contributed by atoms with van der Waals surface area (Å²) in [5.74, 6) is 3.96. The van der Waals surface area contributed by atoms with Crippen molar-refractivity contribution in [3.05, 3.63) is 17.6 Å². The number of anilines is 1. The largest absolute Gasteiger partial charge is 0.391 e. The lowest BCUT2D eigenvalue weighted by atomic mass is 9.48. The second-order valence-electron chi connectivity index (χ2n) is 13.5. The Morgan fingerprint density at radius 1 is 1.18 bits per heavy atom. The van der Waals surface area contributed by atoms with Crippen molar-refractivity contribution in [3.8, 4) is 0 Å². The number of aromatic nitrogens is 2. The van der Waals surface area contributed by atoms with Gasteiger partial charge in [-0.1, -0.05) is 27.7 Å². The molecule has 0 radical (unpaired) electrons. The van der Waals surface area contributed by atoms with Gasteiger partial charge < -0.3 is 15.3 Å². The van der Waals surface area contributed by atoms with E-state index in [1.807, 2.05) is 4.90 Å². The van der Waals surface area contributed by atoms with Gasteiger partial charge in [0.25, 0.3) is 0 Å². The highest BCUT2D eigenvalue weighted by Crippen LogP contribution is 2.61. The van der Waals surface area contributed by atoms with E-state index < -0.39 is 0 Å². The van der Waals surface area contributed by atoms with Crippen molar-refractivity contribution in [2.45, 2.75) is 98.1 Å². The van der Waals surface area contributed by atoms with Crippen molar-refractivity contribution >= 4 is 11.7 Å². The molecule has 6 nitrogen and oxygen atoms in total. The van der Waals surface area contributed by atoms with E-state index in [4.69, 9.17) is 0 Å². The van der Waals surface area contributed by atoms with Crippen molar-refractivity contribution in [2.75, 3.05) is 18.4 Å². The summed E-state index contributed by atoms with van der Waals surface area (Å²) in [5, 5.41) is 14.8. The van der Waals surface area contributed by atoms with Gasteiger partial charge in [0.1, 0.15) is 12.1 Å². The third kappa shape index (κ3) is 4.98. The Kier molecular flexibility index (Phi) is 6.41. The highest BCUT2D eigenvalue weighted by molar-refractivity contribution is 5.76. The molecule has 2 N–H and O–H groups in total. The predicted molar refractivity (Wildman–Crippen MR) is 134 cm³/mol. The number of aliphatic hydroxyl groups excluding tert-OH is 1. The van der Waals surface area contributed by atoms with Crippen LogP contribution < -0.4 is 5.32 Å². The Morgan fingerprint density at radius 3 is 2.44 bits per heavy atom. The molecule has 0 spiro atoms. The van der Waals surface area contributed by atoms with E-state index in [0.717, 1.165) is 47.7 Å². The zero-order chi connectivity index (χ0) is 24.1. The van der Waals surface area contributed by atoms with E-state index in [1.54, 1.807) is 6.33 Å². The average molecular weight is 469 g/mol. The van der Waals surface area contributed by atoms with Crippen LogP contribution in [-0.4, -0.2) is 45.1 Å². The first-order valence-corrected chi connectivity index (χ1v) is 13.6. The molecule has 4 aliphatic carbocycles. The van der Waals surface area contributed by atoms with Crippen LogP contribution in [0.5, 0.6) is 0 Å².